The zero-order valence-electron chi connectivity index (χ0n) is 12.0. The van der Waals surface area contributed by atoms with Gasteiger partial charge < -0.3 is 15.1 Å². The van der Waals surface area contributed by atoms with Crippen LogP contribution in [0.15, 0.2) is 18.5 Å². The highest BCUT2D eigenvalue weighted by Crippen LogP contribution is 2.27. The third-order valence-electron chi connectivity index (χ3n) is 4.02. The maximum absolute atomic E-state index is 12.4. The number of likely N-dealkylation sites (tertiary alicyclic amines) is 1. The van der Waals surface area contributed by atoms with Crippen molar-refractivity contribution in [2.75, 3.05) is 13.1 Å². The fourth-order valence-corrected chi connectivity index (χ4v) is 2.83. The molecule has 6 nitrogen and oxygen atoms in total. The van der Waals surface area contributed by atoms with E-state index >= 15 is 0 Å². The molecular formula is C15H20N2O4. The molecule has 0 aromatic carbocycles. The van der Waals surface area contributed by atoms with E-state index in [0.29, 0.717) is 18.7 Å². The number of carbonyl (C=O) groups excluding carboxylic acids is 1. The summed E-state index contributed by atoms with van der Waals surface area (Å²) in [5.74, 6) is -0.758. The Labute approximate surface area is 123 Å². The molecule has 0 saturated carbocycles. The topological polar surface area (TPSA) is 90.7 Å². The van der Waals surface area contributed by atoms with Crippen LogP contribution < -0.4 is 0 Å². The van der Waals surface area contributed by atoms with Crippen molar-refractivity contribution >= 4 is 11.9 Å². The third-order valence-corrected chi connectivity index (χ3v) is 4.02. The van der Waals surface area contributed by atoms with Crippen molar-refractivity contribution in [1.82, 2.24) is 9.88 Å². The van der Waals surface area contributed by atoms with E-state index in [1.807, 2.05) is 6.92 Å². The molecule has 1 aromatic rings. The van der Waals surface area contributed by atoms with Gasteiger partial charge in [-0.15, -0.1) is 0 Å². The Bertz CT molecular complexity index is 532. The molecule has 0 radical (unpaired) electrons. The smallest absolute Gasteiger partial charge is 0.303 e. The minimum absolute atomic E-state index is 0.0337. The van der Waals surface area contributed by atoms with Crippen LogP contribution in [0.3, 0.4) is 0 Å². The zero-order chi connectivity index (χ0) is 15.4. The van der Waals surface area contributed by atoms with Gasteiger partial charge in [0.15, 0.2) is 0 Å². The molecule has 21 heavy (non-hydrogen) atoms. The molecule has 2 rings (SSSR count). The quantitative estimate of drug-likeness (QED) is 0.882. The molecule has 1 aromatic heterocycles. The molecule has 0 bridgehead atoms. The van der Waals surface area contributed by atoms with E-state index in [1.54, 1.807) is 4.90 Å². The van der Waals surface area contributed by atoms with Crippen LogP contribution in [0.5, 0.6) is 5.75 Å². The lowest BCUT2D eigenvalue weighted by molar-refractivity contribution is -0.138. The lowest BCUT2D eigenvalue weighted by Crippen LogP contribution is -2.42. The number of amides is 1. The highest BCUT2D eigenvalue weighted by molar-refractivity contribution is 5.94. The average Bonchev–Trinajstić information content (AvgIpc) is 2.46. The first-order chi connectivity index (χ1) is 9.97. The number of pyridine rings is 1. The van der Waals surface area contributed by atoms with Crippen LogP contribution in [0.2, 0.25) is 0 Å². The largest absolute Gasteiger partial charge is 0.506 e. The predicted octanol–water partition coefficient (Wildman–Crippen LogP) is 1.75. The summed E-state index contributed by atoms with van der Waals surface area (Å²) in [5.41, 5.74) is 0.363. The van der Waals surface area contributed by atoms with Crippen molar-refractivity contribution in [1.29, 1.82) is 0 Å². The number of carboxylic acids is 1. The molecule has 1 amide bonds. The second-order valence-corrected chi connectivity index (χ2v) is 5.66. The molecule has 114 valence electrons. The highest BCUT2D eigenvalue weighted by atomic mass is 16.4. The SMILES string of the molecule is CC(CC(=O)O)C1CCCN(C(=O)c2cncc(O)c2)C1. The van der Waals surface area contributed by atoms with Gasteiger partial charge >= 0.3 is 5.97 Å². The van der Waals surface area contributed by atoms with Gasteiger partial charge in [-0.3, -0.25) is 14.6 Å². The Morgan fingerprint density at radius 3 is 2.90 bits per heavy atom. The van der Waals surface area contributed by atoms with Crippen molar-refractivity contribution in [3.8, 4) is 5.75 Å². The number of aromatic nitrogens is 1. The Morgan fingerprint density at radius 1 is 1.48 bits per heavy atom. The Kier molecular flexibility index (Phi) is 4.77. The summed E-state index contributed by atoms with van der Waals surface area (Å²) in [6, 6.07) is 1.40. The summed E-state index contributed by atoms with van der Waals surface area (Å²) in [5, 5.41) is 18.3. The van der Waals surface area contributed by atoms with Crippen molar-refractivity contribution in [2.45, 2.75) is 26.2 Å². The highest BCUT2D eigenvalue weighted by Gasteiger charge is 2.29. The van der Waals surface area contributed by atoms with Crippen molar-refractivity contribution in [3.05, 3.63) is 24.0 Å². The fraction of sp³-hybridized carbons (Fsp3) is 0.533. The monoisotopic (exact) mass is 292 g/mol. The van der Waals surface area contributed by atoms with Crippen LogP contribution in [-0.4, -0.2) is 45.1 Å². The van der Waals surface area contributed by atoms with Crippen LogP contribution in [0, 0.1) is 11.8 Å². The molecule has 2 unspecified atom stereocenters. The molecule has 2 N–H and O–H groups in total. The molecule has 1 aliphatic rings. The number of hydrogen-bond acceptors (Lipinski definition) is 4. The minimum atomic E-state index is -0.803. The number of aliphatic carboxylic acids is 1. The first-order valence-corrected chi connectivity index (χ1v) is 7.12. The normalized spacial score (nSPS) is 20.0. The number of nitrogens with zero attached hydrogens (tertiary/aromatic N) is 2. The molecule has 0 aliphatic carbocycles. The fourth-order valence-electron chi connectivity index (χ4n) is 2.83. The van der Waals surface area contributed by atoms with Crippen molar-refractivity contribution < 1.29 is 19.8 Å². The van der Waals surface area contributed by atoms with Crippen LogP contribution >= 0.6 is 0 Å². The van der Waals surface area contributed by atoms with Gasteiger partial charge in [0.05, 0.1) is 11.8 Å². The summed E-state index contributed by atoms with van der Waals surface area (Å²) in [6.45, 7) is 3.14. The number of carboxylic acid groups (broad SMARTS) is 1. The first-order valence-electron chi connectivity index (χ1n) is 7.12. The van der Waals surface area contributed by atoms with E-state index in [0.717, 1.165) is 12.8 Å². The third kappa shape index (κ3) is 3.93. The molecule has 0 spiro atoms. The van der Waals surface area contributed by atoms with E-state index in [4.69, 9.17) is 5.11 Å². The van der Waals surface area contributed by atoms with E-state index in [-0.39, 0.29) is 29.9 Å². The minimum Gasteiger partial charge on any atom is -0.506 e. The van der Waals surface area contributed by atoms with Gasteiger partial charge in [-0.2, -0.15) is 0 Å². The lowest BCUT2D eigenvalue weighted by atomic mass is 9.84. The summed E-state index contributed by atoms with van der Waals surface area (Å²) in [7, 11) is 0. The van der Waals surface area contributed by atoms with Gasteiger partial charge in [-0.1, -0.05) is 6.92 Å². The molecular weight excluding hydrogens is 272 g/mol. The van der Waals surface area contributed by atoms with Crippen LogP contribution in [-0.2, 0) is 4.79 Å². The van der Waals surface area contributed by atoms with Gasteiger partial charge in [-0.05, 0) is 30.7 Å². The van der Waals surface area contributed by atoms with Gasteiger partial charge in [0.25, 0.3) is 5.91 Å². The van der Waals surface area contributed by atoms with Gasteiger partial charge in [-0.25, -0.2) is 0 Å². The van der Waals surface area contributed by atoms with Crippen molar-refractivity contribution in [2.24, 2.45) is 11.8 Å². The summed E-state index contributed by atoms with van der Waals surface area (Å²) >= 11 is 0. The predicted molar refractivity (Wildman–Crippen MR) is 75.9 cm³/mol. The first kappa shape index (κ1) is 15.3. The number of carbonyl (C=O) groups is 2. The van der Waals surface area contributed by atoms with Crippen molar-refractivity contribution in [3.63, 3.8) is 0 Å². The Hall–Kier alpha value is -2.11. The number of piperidine rings is 1. The Morgan fingerprint density at radius 2 is 2.24 bits per heavy atom. The maximum atomic E-state index is 12.4. The molecule has 1 fully saturated rings. The molecule has 1 aliphatic heterocycles. The number of aromatic hydroxyl groups is 1. The average molecular weight is 292 g/mol. The summed E-state index contributed by atoms with van der Waals surface area (Å²) < 4.78 is 0. The van der Waals surface area contributed by atoms with Gasteiger partial charge in [0.1, 0.15) is 5.75 Å². The van der Waals surface area contributed by atoms with E-state index in [2.05, 4.69) is 4.98 Å². The van der Waals surface area contributed by atoms with E-state index in [1.165, 1.54) is 18.5 Å². The van der Waals surface area contributed by atoms with Crippen LogP contribution in [0.25, 0.3) is 0 Å². The maximum Gasteiger partial charge on any atom is 0.303 e. The van der Waals surface area contributed by atoms with Crippen LogP contribution in [0.1, 0.15) is 36.5 Å². The van der Waals surface area contributed by atoms with E-state index < -0.39 is 5.97 Å². The molecule has 1 saturated heterocycles. The molecule has 2 heterocycles. The van der Waals surface area contributed by atoms with Crippen LogP contribution in [0.4, 0.5) is 0 Å². The summed E-state index contributed by atoms with van der Waals surface area (Å²) in [4.78, 5) is 28.8. The molecule has 6 heteroatoms. The Balaban J connectivity index is 2.03. The van der Waals surface area contributed by atoms with E-state index in [9.17, 15) is 14.7 Å². The zero-order valence-corrected chi connectivity index (χ0v) is 12.0. The molecule has 2 atom stereocenters. The second-order valence-electron chi connectivity index (χ2n) is 5.66. The number of hydrogen-bond donors (Lipinski definition) is 2. The summed E-state index contributed by atoms with van der Waals surface area (Å²) in [6.07, 6.45) is 4.65. The van der Waals surface area contributed by atoms with Gasteiger partial charge in [0, 0.05) is 25.7 Å². The standard InChI is InChI=1S/C15H20N2O4/c1-10(5-14(19)20)11-3-2-4-17(9-11)15(21)12-6-13(18)8-16-7-12/h6-8,10-11,18H,2-5,9H2,1H3,(H,19,20). The van der Waals surface area contributed by atoms with Gasteiger partial charge in [0.2, 0.25) is 0 Å². The lowest BCUT2D eigenvalue weighted by Gasteiger charge is -2.35. The number of rotatable bonds is 4. The second kappa shape index (κ2) is 6.56.